The fourth-order valence-corrected chi connectivity index (χ4v) is 10.5. The summed E-state index contributed by atoms with van der Waals surface area (Å²) in [5, 5.41) is 0. The van der Waals surface area contributed by atoms with Gasteiger partial charge in [-0.1, -0.05) is 117 Å². The Morgan fingerprint density at radius 1 is 0.809 bits per heavy atom. The molecule has 2 heteroatoms. The van der Waals surface area contributed by atoms with Crippen molar-refractivity contribution in [2.24, 2.45) is 11.8 Å². The van der Waals surface area contributed by atoms with Gasteiger partial charge in [0, 0.05) is 40.4 Å². The third kappa shape index (κ3) is 4.82. The van der Waals surface area contributed by atoms with E-state index in [2.05, 4.69) is 151 Å². The van der Waals surface area contributed by atoms with Crippen LogP contribution in [0, 0.1) is 11.8 Å². The summed E-state index contributed by atoms with van der Waals surface area (Å²) in [4.78, 5) is 5.42. The van der Waals surface area contributed by atoms with Crippen LogP contribution in [0.25, 0.3) is 0 Å². The number of hydrogen-bond acceptors (Lipinski definition) is 2. The molecular weight excluding hydrogens is 569 g/mol. The van der Waals surface area contributed by atoms with E-state index in [0.29, 0.717) is 41.8 Å². The summed E-state index contributed by atoms with van der Waals surface area (Å²) in [5.41, 5.74) is 10.3. The van der Waals surface area contributed by atoms with Crippen molar-refractivity contribution in [1.29, 1.82) is 0 Å². The van der Waals surface area contributed by atoms with Gasteiger partial charge in [-0.2, -0.15) is 0 Å². The summed E-state index contributed by atoms with van der Waals surface area (Å²) in [7, 11) is 0. The minimum absolute atomic E-state index is 0.0657. The van der Waals surface area contributed by atoms with Crippen LogP contribution in [0.3, 0.4) is 0 Å². The predicted molar refractivity (Wildman–Crippen MR) is 197 cm³/mol. The highest BCUT2D eigenvalue weighted by atomic mass is 15.2. The minimum atomic E-state index is 0.0657. The van der Waals surface area contributed by atoms with E-state index in [4.69, 9.17) is 0 Å². The van der Waals surface area contributed by atoms with Crippen molar-refractivity contribution in [2.45, 2.75) is 94.2 Å². The Balaban J connectivity index is 0.995. The van der Waals surface area contributed by atoms with E-state index in [1.54, 1.807) is 5.57 Å². The summed E-state index contributed by atoms with van der Waals surface area (Å²) in [6.07, 6.45) is 28.1. The molecule has 238 valence electrons. The third-order valence-corrected chi connectivity index (χ3v) is 12.7. The van der Waals surface area contributed by atoms with Gasteiger partial charge in [0.1, 0.15) is 0 Å². The molecule has 1 aliphatic heterocycles. The molecule has 0 radical (unpaired) electrons. The second-order valence-electron chi connectivity index (χ2n) is 15.4. The van der Waals surface area contributed by atoms with Crippen LogP contribution < -0.4 is 9.80 Å². The monoisotopic (exact) mass is 616 g/mol. The molecule has 0 bridgehead atoms. The van der Waals surface area contributed by atoms with Crippen molar-refractivity contribution in [2.75, 3.05) is 9.80 Å². The second-order valence-corrected chi connectivity index (χ2v) is 15.4. The molecule has 3 aromatic rings. The largest absolute Gasteiger partial charge is 0.361 e. The van der Waals surface area contributed by atoms with Gasteiger partial charge in [0.2, 0.25) is 0 Å². The fourth-order valence-electron chi connectivity index (χ4n) is 10.5. The van der Waals surface area contributed by atoms with Crippen LogP contribution >= 0.6 is 0 Å². The number of benzene rings is 3. The Labute approximate surface area is 281 Å². The van der Waals surface area contributed by atoms with Crippen LogP contribution in [0.5, 0.6) is 0 Å². The van der Waals surface area contributed by atoms with Crippen LogP contribution in [0.15, 0.2) is 139 Å². The highest BCUT2D eigenvalue weighted by Gasteiger charge is 2.49. The van der Waals surface area contributed by atoms with Crippen molar-refractivity contribution in [3.8, 4) is 0 Å². The number of rotatable bonds is 5. The molecule has 1 saturated carbocycles. The SMILES string of the molecule is CC1(C)C2=CC(N(c3ccc(C4CCC5C(C4)C4C=CC=CC4N5c4ccccc4)cc3)C3C=CCCC3)=CCC2c2ccccc21. The van der Waals surface area contributed by atoms with Crippen molar-refractivity contribution in [3.05, 3.63) is 155 Å². The second kappa shape index (κ2) is 11.6. The number of nitrogens with zero attached hydrogens (tertiary/aromatic N) is 2. The molecule has 0 aromatic heterocycles. The van der Waals surface area contributed by atoms with Crippen molar-refractivity contribution in [3.63, 3.8) is 0 Å². The Bertz CT molecular complexity index is 1790. The topological polar surface area (TPSA) is 6.48 Å². The maximum atomic E-state index is 2.76. The summed E-state index contributed by atoms with van der Waals surface area (Å²) in [5.74, 6) is 2.42. The number of allylic oxidation sites excluding steroid dienone is 6. The molecule has 9 rings (SSSR count). The molecule has 1 heterocycles. The normalized spacial score (nSPS) is 31.4. The zero-order valence-electron chi connectivity index (χ0n) is 28.0. The lowest BCUT2D eigenvalue weighted by Gasteiger charge is -2.39. The van der Waals surface area contributed by atoms with Gasteiger partial charge in [0.25, 0.3) is 0 Å². The number of fused-ring (bicyclic) bond motifs is 6. The minimum Gasteiger partial charge on any atom is -0.361 e. The lowest BCUT2D eigenvalue weighted by atomic mass is 9.71. The van der Waals surface area contributed by atoms with Gasteiger partial charge in [-0.3, -0.25) is 0 Å². The van der Waals surface area contributed by atoms with E-state index in [9.17, 15) is 0 Å². The summed E-state index contributed by atoms with van der Waals surface area (Å²) >= 11 is 0. The van der Waals surface area contributed by atoms with E-state index in [1.807, 2.05) is 0 Å². The fraction of sp³-hybridized carbons (Fsp3) is 0.378. The van der Waals surface area contributed by atoms with Gasteiger partial charge in [0.05, 0.1) is 12.1 Å². The molecule has 6 aliphatic rings. The van der Waals surface area contributed by atoms with E-state index >= 15 is 0 Å². The van der Waals surface area contributed by atoms with Crippen molar-refractivity contribution < 1.29 is 0 Å². The number of para-hydroxylation sites is 1. The highest BCUT2D eigenvalue weighted by Crippen LogP contribution is 2.54. The number of anilines is 2. The van der Waals surface area contributed by atoms with E-state index in [1.165, 1.54) is 72.3 Å². The molecule has 0 amide bonds. The molecule has 2 nitrogen and oxygen atoms in total. The molecule has 0 N–H and O–H groups in total. The highest BCUT2D eigenvalue weighted by molar-refractivity contribution is 5.64. The molecule has 47 heavy (non-hydrogen) atoms. The van der Waals surface area contributed by atoms with E-state index < -0.39 is 0 Å². The van der Waals surface area contributed by atoms with Gasteiger partial charge in [-0.05, 0) is 104 Å². The maximum absolute atomic E-state index is 2.76. The van der Waals surface area contributed by atoms with E-state index in [0.717, 1.165) is 6.42 Å². The van der Waals surface area contributed by atoms with E-state index in [-0.39, 0.29) is 5.41 Å². The quantitative estimate of drug-likeness (QED) is 0.263. The molecule has 1 saturated heterocycles. The van der Waals surface area contributed by atoms with Gasteiger partial charge in [-0.15, -0.1) is 0 Å². The van der Waals surface area contributed by atoms with Crippen molar-refractivity contribution >= 4 is 11.4 Å². The first-order chi connectivity index (χ1) is 23.1. The Kier molecular flexibility index (Phi) is 7.18. The number of hydrogen-bond donors (Lipinski definition) is 0. The Morgan fingerprint density at radius 2 is 1.62 bits per heavy atom. The zero-order chi connectivity index (χ0) is 31.5. The summed E-state index contributed by atoms with van der Waals surface area (Å²) in [6, 6.07) is 31.7. The van der Waals surface area contributed by atoms with Crippen LogP contribution in [0.1, 0.15) is 87.3 Å². The van der Waals surface area contributed by atoms with Crippen molar-refractivity contribution in [1.82, 2.24) is 0 Å². The average Bonchev–Trinajstić information content (AvgIpc) is 3.58. The van der Waals surface area contributed by atoms with Crippen LogP contribution in [0.2, 0.25) is 0 Å². The Morgan fingerprint density at radius 3 is 2.45 bits per heavy atom. The van der Waals surface area contributed by atoms with Crippen LogP contribution in [0.4, 0.5) is 11.4 Å². The maximum Gasteiger partial charge on any atom is 0.0545 e. The third-order valence-electron chi connectivity index (χ3n) is 12.7. The molecule has 2 fully saturated rings. The van der Waals surface area contributed by atoms with Crippen LogP contribution in [-0.2, 0) is 5.41 Å². The molecule has 7 atom stereocenters. The summed E-state index contributed by atoms with van der Waals surface area (Å²) in [6.45, 7) is 4.86. The summed E-state index contributed by atoms with van der Waals surface area (Å²) < 4.78 is 0. The lowest BCUT2D eigenvalue weighted by molar-refractivity contribution is 0.277. The Hall–Kier alpha value is -4.04. The average molecular weight is 617 g/mol. The first-order valence-corrected chi connectivity index (χ1v) is 18.3. The molecule has 5 aliphatic carbocycles. The lowest BCUT2D eigenvalue weighted by Crippen LogP contribution is -2.39. The standard InChI is InChI=1S/C45H48N2/c1-45(2)41-19-11-9-17-37(41)38-27-26-36(30-42(38)45)46(33-13-5-3-6-14-33)35-24-21-31(22-25-35)32-23-28-44-40(29-32)39-18-10-12-20-43(39)47(44)34-15-7-4-8-16-34/h4-5,7-13,15-22,24-26,30,32-33,38-40,43-44H,3,6,14,23,27-29H2,1-2H3. The molecule has 0 spiro atoms. The first-order valence-electron chi connectivity index (χ1n) is 18.3. The van der Waals surface area contributed by atoms with Crippen LogP contribution in [-0.4, -0.2) is 18.1 Å². The first kappa shape index (κ1) is 29.1. The predicted octanol–water partition coefficient (Wildman–Crippen LogP) is 10.8. The van der Waals surface area contributed by atoms with Gasteiger partial charge >= 0.3 is 0 Å². The zero-order valence-corrected chi connectivity index (χ0v) is 28.0. The molecular formula is C45H48N2. The smallest absolute Gasteiger partial charge is 0.0545 e. The van der Waals surface area contributed by atoms with Gasteiger partial charge in [0.15, 0.2) is 0 Å². The molecule has 3 aromatic carbocycles. The van der Waals surface area contributed by atoms with Gasteiger partial charge < -0.3 is 9.80 Å². The molecule has 7 unspecified atom stereocenters. The van der Waals surface area contributed by atoms with Gasteiger partial charge in [-0.25, -0.2) is 0 Å².